The summed E-state index contributed by atoms with van der Waals surface area (Å²) < 4.78 is 8.06. The SMILES string of the molecule is Cc1nn(C)c(N(C)C)c1CNCc1cccnc1OC1CCCC1. The van der Waals surface area contributed by atoms with Gasteiger partial charge in [-0.3, -0.25) is 4.68 Å². The van der Waals surface area contributed by atoms with E-state index in [1.165, 1.54) is 18.4 Å². The Morgan fingerprint density at radius 3 is 2.76 bits per heavy atom. The summed E-state index contributed by atoms with van der Waals surface area (Å²) in [5.41, 5.74) is 3.41. The standard InChI is InChI=1S/C19H29N5O/c1-14-17(19(23(2)3)24(4)22-14)13-20-12-15-8-7-11-21-18(15)25-16-9-5-6-10-16/h7-8,11,16,20H,5-6,9-10,12-13H2,1-4H3. The second kappa shape index (κ2) is 7.87. The number of rotatable bonds is 7. The van der Waals surface area contributed by atoms with Gasteiger partial charge in [0, 0.05) is 51.6 Å². The van der Waals surface area contributed by atoms with Gasteiger partial charge >= 0.3 is 0 Å². The van der Waals surface area contributed by atoms with Gasteiger partial charge in [-0.05, 0) is 38.7 Å². The van der Waals surface area contributed by atoms with Crippen molar-refractivity contribution in [2.24, 2.45) is 7.05 Å². The summed E-state index contributed by atoms with van der Waals surface area (Å²) in [6, 6.07) is 4.06. The van der Waals surface area contributed by atoms with Crippen LogP contribution < -0.4 is 15.0 Å². The first-order chi connectivity index (χ1) is 12.1. The van der Waals surface area contributed by atoms with Crippen LogP contribution in [0.15, 0.2) is 18.3 Å². The number of anilines is 1. The molecule has 136 valence electrons. The van der Waals surface area contributed by atoms with Gasteiger partial charge in [-0.15, -0.1) is 0 Å². The van der Waals surface area contributed by atoms with Crippen molar-refractivity contribution in [2.75, 3.05) is 19.0 Å². The number of aryl methyl sites for hydroxylation is 2. The summed E-state index contributed by atoms with van der Waals surface area (Å²) in [7, 11) is 6.09. The number of pyridine rings is 1. The molecule has 2 aromatic heterocycles. The largest absolute Gasteiger partial charge is 0.474 e. The fourth-order valence-corrected chi connectivity index (χ4v) is 3.61. The molecule has 0 aromatic carbocycles. The molecule has 6 heteroatoms. The van der Waals surface area contributed by atoms with Crippen LogP contribution >= 0.6 is 0 Å². The van der Waals surface area contributed by atoms with Crippen molar-refractivity contribution in [3.8, 4) is 5.88 Å². The van der Waals surface area contributed by atoms with Crippen LogP contribution in [0.2, 0.25) is 0 Å². The Morgan fingerprint density at radius 1 is 1.28 bits per heavy atom. The third-order valence-corrected chi connectivity index (χ3v) is 4.78. The van der Waals surface area contributed by atoms with Gasteiger partial charge in [-0.2, -0.15) is 5.10 Å². The van der Waals surface area contributed by atoms with Crippen LogP contribution in [0, 0.1) is 6.92 Å². The molecule has 1 N–H and O–H groups in total. The fraction of sp³-hybridized carbons (Fsp3) is 0.579. The summed E-state index contributed by atoms with van der Waals surface area (Å²) in [4.78, 5) is 6.56. The Kier molecular flexibility index (Phi) is 5.58. The molecule has 0 radical (unpaired) electrons. The third kappa shape index (κ3) is 4.12. The van der Waals surface area contributed by atoms with E-state index in [-0.39, 0.29) is 0 Å². The van der Waals surface area contributed by atoms with Crippen molar-refractivity contribution < 1.29 is 4.74 Å². The molecular weight excluding hydrogens is 314 g/mol. The number of aromatic nitrogens is 3. The van der Waals surface area contributed by atoms with Crippen LogP contribution in [0.5, 0.6) is 5.88 Å². The first-order valence-corrected chi connectivity index (χ1v) is 9.07. The lowest BCUT2D eigenvalue weighted by atomic mass is 10.2. The second-order valence-corrected chi connectivity index (χ2v) is 7.00. The zero-order chi connectivity index (χ0) is 17.8. The van der Waals surface area contributed by atoms with E-state index in [1.807, 2.05) is 24.0 Å². The molecule has 0 aliphatic heterocycles. The highest BCUT2D eigenvalue weighted by Gasteiger charge is 2.19. The Balaban J connectivity index is 1.65. The molecule has 0 spiro atoms. The summed E-state index contributed by atoms with van der Waals surface area (Å²) >= 11 is 0. The molecule has 1 aliphatic rings. The molecule has 1 aliphatic carbocycles. The Labute approximate surface area is 150 Å². The van der Waals surface area contributed by atoms with Crippen molar-refractivity contribution in [3.05, 3.63) is 35.2 Å². The minimum atomic E-state index is 0.328. The van der Waals surface area contributed by atoms with Gasteiger partial charge in [0.25, 0.3) is 0 Å². The van der Waals surface area contributed by atoms with E-state index in [0.717, 1.165) is 48.9 Å². The molecule has 3 rings (SSSR count). The number of hydrogen-bond acceptors (Lipinski definition) is 5. The summed E-state index contributed by atoms with van der Waals surface area (Å²) in [6.07, 6.45) is 6.95. The van der Waals surface area contributed by atoms with Crippen molar-refractivity contribution in [1.29, 1.82) is 0 Å². The number of nitrogens with one attached hydrogen (secondary N) is 1. The van der Waals surface area contributed by atoms with Crippen LogP contribution in [-0.4, -0.2) is 35.0 Å². The van der Waals surface area contributed by atoms with E-state index in [0.29, 0.717) is 6.10 Å². The summed E-state index contributed by atoms with van der Waals surface area (Å²) in [6.45, 7) is 3.56. The second-order valence-electron chi connectivity index (χ2n) is 7.00. The predicted molar refractivity (Wildman–Crippen MR) is 99.9 cm³/mol. The van der Waals surface area contributed by atoms with Gasteiger partial charge in [0.15, 0.2) is 0 Å². The average Bonchev–Trinajstić information content (AvgIpc) is 3.17. The number of nitrogens with zero attached hydrogens (tertiary/aromatic N) is 4. The monoisotopic (exact) mass is 343 g/mol. The fourth-order valence-electron chi connectivity index (χ4n) is 3.61. The first kappa shape index (κ1) is 17.7. The molecule has 0 amide bonds. The Bertz CT molecular complexity index is 704. The molecule has 6 nitrogen and oxygen atoms in total. The molecule has 0 bridgehead atoms. The molecule has 1 fully saturated rings. The van der Waals surface area contributed by atoms with Crippen LogP contribution in [0.3, 0.4) is 0 Å². The van der Waals surface area contributed by atoms with Crippen LogP contribution in [-0.2, 0) is 20.1 Å². The highest BCUT2D eigenvalue weighted by molar-refractivity contribution is 5.48. The Morgan fingerprint density at radius 2 is 2.04 bits per heavy atom. The van der Waals surface area contributed by atoms with E-state index in [4.69, 9.17) is 4.74 Å². The Hall–Kier alpha value is -2.08. The molecular formula is C19H29N5O. The smallest absolute Gasteiger partial charge is 0.218 e. The van der Waals surface area contributed by atoms with Crippen molar-refractivity contribution in [3.63, 3.8) is 0 Å². The topological polar surface area (TPSA) is 55.2 Å². The predicted octanol–water partition coefficient (Wildman–Crippen LogP) is 2.80. The highest BCUT2D eigenvalue weighted by atomic mass is 16.5. The zero-order valence-corrected chi connectivity index (χ0v) is 15.7. The van der Waals surface area contributed by atoms with Gasteiger partial charge < -0.3 is 15.0 Å². The molecule has 2 heterocycles. The highest BCUT2D eigenvalue weighted by Crippen LogP contribution is 2.25. The molecule has 0 unspecified atom stereocenters. The molecule has 0 saturated heterocycles. The van der Waals surface area contributed by atoms with E-state index < -0.39 is 0 Å². The van der Waals surface area contributed by atoms with E-state index in [9.17, 15) is 0 Å². The van der Waals surface area contributed by atoms with Crippen molar-refractivity contribution in [2.45, 2.75) is 51.8 Å². The van der Waals surface area contributed by atoms with Gasteiger partial charge in [-0.25, -0.2) is 4.98 Å². The first-order valence-electron chi connectivity index (χ1n) is 9.07. The van der Waals surface area contributed by atoms with E-state index in [2.05, 4.69) is 47.4 Å². The molecule has 2 aromatic rings. The third-order valence-electron chi connectivity index (χ3n) is 4.78. The van der Waals surface area contributed by atoms with Gasteiger partial charge in [0.2, 0.25) is 5.88 Å². The molecule has 0 atom stereocenters. The normalized spacial score (nSPS) is 14.9. The van der Waals surface area contributed by atoms with Gasteiger partial charge in [0.05, 0.1) is 5.69 Å². The van der Waals surface area contributed by atoms with Gasteiger partial charge in [-0.1, -0.05) is 6.07 Å². The quantitative estimate of drug-likeness (QED) is 0.838. The average molecular weight is 343 g/mol. The van der Waals surface area contributed by atoms with Crippen LogP contribution in [0.1, 0.15) is 42.5 Å². The number of ether oxygens (including phenoxy) is 1. The lowest BCUT2D eigenvalue weighted by Gasteiger charge is -2.17. The summed E-state index contributed by atoms with van der Waals surface area (Å²) in [5.74, 6) is 1.91. The van der Waals surface area contributed by atoms with E-state index >= 15 is 0 Å². The zero-order valence-electron chi connectivity index (χ0n) is 15.7. The van der Waals surface area contributed by atoms with Crippen LogP contribution in [0.4, 0.5) is 5.82 Å². The van der Waals surface area contributed by atoms with Crippen molar-refractivity contribution >= 4 is 5.82 Å². The maximum atomic E-state index is 6.12. The van der Waals surface area contributed by atoms with E-state index in [1.54, 1.807) is 0 Å². The lowest BCUT2D eigenvalue weighted by Crippen LogP contribution is -2.20. The summed E-state index contributed by atoms with van der Waals surface area (Å²) in [5, 5.41) is 8.07. The maximum absolute atomic E-state index is 6.12. The van der Waals surface area contributed by atoms with Crippen molar-refractivity contribution in [1.82, 2.24) is 20.1 Å². The lowest BCUT2D eigenvalue weighted by molar-refractivity contribution is 0.199. The minimum Gasteiger partial charge on any atom is -0.474 e. The molecule has 1 saturated carbocycles. The minimum absolute atomic E-state index is 0.328. The van der Waals surface area contributed by atoms with Crippen LogP contribution in [0.25, 0.3) is 0 Å². The number of hydrogen-bond donors (Lipinski definition) is 1. The van der Waals surface area contributed by atoms with Gasteiger partial charge in [0.1, 0.15) is 11.9 Å². The maximum Gasteiger partial charge on any atom is 0.218 e. The molecule has 25 heavy (non-hydrogen) atoms.